The standard InChI is InChI=1S/C23H24N2O4/c1-4-16(2)20-7-5-6-8-21(20)25-22(26)15-29-23(27)18(14-24)13-17-9-11-19(28-3)12-10-17/h5-13,16H,4,15H2,1-3H3,(H,25,26)/b18-13+/t16-/m1/s1. The fourth-order valence-corrected chi connectivity index (χ4v) is 2.66. The van der Waals surface area contributed by atoms with Crippen molar-refractivity contribution >= 4 is 23.6 Å². The number of nitrogens with zero attached hydrogens (tertiary/aromatic N) is 1. The number of nitrogens with one attached hydrogen (secondary N) is 1. The van der Waals surface area contributed by atoms with E-state index < -0.39 is 18.5 Å². The first-order chi connectivity index (χ1) is 14.0. The lowest BCUT2D eigenvalue weighted by Crippen LogP contribution is -2.22. The molecule has 2 aromatic rings. The number of benzene rings is 2. The Morgan fingerprint density at radius 1 is 1.17 bits per heavy atom. The van der Waals surface area contributed by atoms with Crippen molar-refractivity contribution in [2.24, 2.45) is 0 Å². The van der Waals surface area contributed by atoms with Crippen molar-refractivity contribution in [2.75, 3.05) is 19.0 Å². The van der Waals surface area contributed by atoms with Crippen molar-refractivity contribution in [1.29, 1.82) is 5.26 Å². The van der Waals surface area contributed by atoms with Crippen LogP contribution in [-0.2, 0) is 14.3 Å². The van der Waals surface area contributed by atoms with Crippen molar-refractivity contribution in [3.05, 3.63) is 65.2 Å². The monoisotopic (exact) mass is 392 g/mol. The summed E-state index contributed by atoms with van der Waals surface area (Å²) >= 11 is 0. The minimum atomic E-state index is -0.853. The maximum Gasteiger partial charge on any atom is 0.349 e. The molecular formula is C23H24N2O4. The van der Waals surface area contributed by atoms with E-state index in [0.717, 1.165) is 12.0 Å². The third kappa shape index (κ3) is 6.22. The zero-order valence-electron chi connectivity index (χ0n) is 16.8. The van der Waals surface area contributed by atoms with Crippen LogP contribution < -0.4 is 10.1 Å². The Hall–Kier alpha value is -3.59. The van der Waals surface area contributed by atoms with Gasteiger partial charge in [-0.05, 0) is 47.7 Å². The summed E-state index contributed by atoms with van der Waals surface area (Å²) in [5.41, 5.74) is 2.16. The van der Waals surface area contributed by atoms with Gasteiger partial charge in [-0.3, -0.25) is 4.79 Å². The van der Waals surface area contributed by atoms with Crippen LogP contribution in [0.2, 0.25) is 0 Å². The molecular weight excluding hydrogens is 368 g/mol. The van der Waals surface area contributed by atoms with Crippen LogP contribution >= 0.6 is 0 Å². The Morgan fingerprint density at radius 3 is 2.48 bits per heavy atom. The number of rotatable bonds is 8. The van der Waals surface area contributed by atoms with Crippen LogP contribution in [0.15, 0.2) is 54.1 Å². The quantitative estimate of drug-likeness (QED) is 0.411. The highest BCUT2D eigenvalue weighted by atomic mass is 16.5. The highest BCUT2D eigenvalue weighted by Crippen LogP contribution is 2.26. The average molecular weight is 392 g/mol. The highest BCUT2D eigenvalue weighted by Gasteiger charge is 2.15. The minimum absolute atomic E-state index is 0.192. The minimum Gasteiger partial charge on any atom is -0.497 e. The largest absolute Gasteiger partial charge is 0.497 e. The van der Waals surface area contributed by atoms with Gasteiger partial charge in [0.15, 0.2) is 6.61 Å². The van der Waals surface area contributed by atoms with Crippen LogP contribution in [0, 0.1) is 11.3 Å². The van der Waals surface area contributed by atoms with Gasteiger partial charge >= 0.3 is 5.97 Å². The molecule has 0 fully saturated rings. The number of hydrogen-bond donors (Lipinski definition) is 1. The summed E-state index contributed by atoms with van der Waals surface area (Å²) in [4.78, 5) is 24.4. The average Bonchev–Trinajstić information content (AvgIpc) is 2.76. The second-order valence-electron chi connectivity index (χ2n) is 6.46. The molecule has 0 saturated carbocycles. The summed E-state index contributed by atoms with van der Waals surface area (Å²) in [6, 6.07) is 16.2. The van der Waals surface area contributed by atoms with Crippen LogP contribution in [0.1, 0.15) is 37.3 Å². The Morgan fingerprint density at radius 2 is 1.86 bits per heavy atom. The SMILES string of the molecule is CC[C@@H](C)c1ccccc1NC(=O)COC(=O)/C(C#N)=C/c1ccc(OC)cc1. The van der Waals surface area contributed by atoms with Gasteiger partial charge in [-0.25, -0.2) is 4.79 Å². The Balaban J connectivity index is 1.99. The highest BCUT2D eigenvalue weighted by molar-refractivity contribution is 6.00. The first-order valence-electron chi connectivity index (χ1n) is 9.30. The molecule has 0 aliphatic rings. The van der Waals surface area contributed by atoms with E-state index in [4.69, 9.17) is 9.47 Å². The first-order valence-corrected chi connectivity index (χ1v) is 9.30. The number of hydrogen-bond acceptors (Lipinski definition) is 5. The summed E-state index contributed by atoms with van der Waals surface area (Å²) in [5.74, 6) is -0.367. The Bertz CT molecular complexity index is 927. The van der Waals surface area contributed by atoms with E-state index in [1.807, 2.05) is 30.3 Å². The van der Waals surface area contributed by atoms with Crippen LogP contribution in [-0.4, -0.2) is 25.6 Å². The fourth-order valence-electron chi connectivity index (χ4n) is 2.66. The molecule has 2 rings (SSSR count). The summed E-state index contributed by atoms with van der Waals surface area (Å²) in [6.07, 6.45) is 2.33. The molecule has 0 aliphatic heterocycles. The lowest BCUT2D eigenvalue weighted by molar-refractivity contribution is -0.142. The van der Waals surface area contributed by atoms with Gasteiger partial charge in [-0.1, -0.05) is 44.2 Å². The number of anilines is 1. The van der Waals surface area contributed by atoms with Crippen LogP contribution in [0.25, 0.3) is 6.08 Å². The number of esters is 1. The van der Waals surface area contributed by atoms with Gasteiger partial charge in [0.1, 0.15) is 17.4 Å². The molecule has 0 bridgehead atoms. The van der Waals surface area contributed by atoms with E-state index in [1.54, 1.807) is 31.4 Å². The summed E-state index contributed by atoms with van der Waals surface area (Å²) in [6.45, 7) is 3.67. The van der Waals surface area contributed by atoms with E-state index in [-0.39, 0.29) is 11.5 Å². The third-order valence-electron chi connectivity index (χ3n) is 4.48. The Kier molecular flexibility index (Phi) is 7.99. The van der Waals surface area contributed by atoms with E-state index in [9.17, 15) is 14.9 Å². The summed E-state index contributed by atoms with van der Waals surface area (Å²) < 4.78 is 10.1. The number of para-hydroxylation sites is 1. The van der Waals surface area contributed by atoms with Crippen molar-refractivity contribution < 1.29 is 19.1 Å². The molecule has 1 N–H and O–H groups in total. The first kappa shape index (κ1) is 21.7. The van der Waals surface area contributed by atoms with E-state index in [0.29, 0.717) is 17.0 Å². The second-order valence-corrected chi connectivity index (χ2v) is 6.46. The molecule has 0 aliphatic carbocycles. The van der Waals surface area contributed by atoms with Gasteiger partial charge in [-0.15, -0.1) is 0 Å². The van der Waals surface area contributed by atoms with E-state index >= 15 is 0 Å². The van der Waals surface area contributed by atoms with Crippen LogP contribution in [0.3, 0.4) is 0 Å². The molecule has 2 aromatic carbocycles. The van der Waals surface area contributed by atoms with Crippen molar-refractivity contribution in [3.8, 4) is 11.8 Å². The predicted octanol–water partition coefficient (Wildman–Crippen LogP) is 4.30. The van der Waals surface area contributed by atoms with Gasteiger partial charge in [0, 0.05) is 5.69 Å². The molecule has 0 radical (unpaired) electrons. The van der Waals surface area contributed by atoms with Gasteiger partial charge in [-0.2, -0.15) is 5.26 Å². The smallest absolute Gasteiger partial charge is 0.349 e. The maximum absolute atomic E-state index is 12.2. The molecule has 0 unspecified atom stereocenters. The summed E-state index contributed by atoms with van der Waals surface area (Å²) in [5, 5.41) is 12.0. The molecule has 0 aromatic heterocycles. The third-order valence-corrected chi connectivity index (χ3v) is 4.48. The van der Waals surface area contributed by atoms with Crippen molar-refractivity contribution in [2.45, 2.75) is 26.2 Å². The number of ether oxygens (including phenoxy) is 2. The maximum atomic E-state index is 12.2. The molecule has 1 atom stereocenters. The number of methoxy groups -OCH3 is 1. The van der Waals surface area contributed by atoms with E-state index in [2.05, 4.69) is 19.2 Å². The number of carbonyl (C=O) groups excluding carboxylic acids is 2. The Labute approximate surface area is 170 Å². The van der Waals surface area contributed by atoms with Crippen molar-refractivity contribution in [3.63, 3.8) is 0 Å². The van der Waals surface area contributed by atoms with Gasteiger partial charge in [0.25, 0.3) is 5.91 Å². The molecule has 1 amide bonds. The molecule has 0 heterocycles. The molecule has 150 valence electrons. The lowest BCUT2D eigenvalue weighted by atomic mass is 9.97. The van der Waals surface area contributed by atoms with Gasteiger partial charge in [0.2, 0.25) is 0 Å². The second kappa shape index (κ2) is 10.7. The molecule has 0 saturated heterocycles. The lowest BCUT2D eigenvalue weighted by Gasteiger charge is -2.15. The molecule has 6 heteroatoms. The van der Waals surface area contributed by atoms with Crippen molar-refractivity contribution in [1.82, 2.24) is 0 Å². The van der Waals surface area contributed by atoms with Crippen LogP contribution in [0.4, 0.5) is 5.69 Å². The number of nitriles is 1. The van der Waals surface area contributed by atoms with Crippen LogP contribution in [0.5, 0.6) is 5.75 Å². The number of amides is 1. The van der Waals surface area contributed by atoms with Gasteiger partial charge < -0.3 is 14.8 Å². The zero-order chi connectivity index (χ0) is 21.2. The molecule has 6 nitrogen and oxygen atoms in total. The molecule has 29 heavy (non-hydrogen) atoms. The summed E-state index contributed by atoms with van der Waals surface area (Å²) in [7, 11) is 1.55. The predicted molar refractivity (Wildman–Crippen MR) is 111 cm³/mol. The van der Waals surface area contributed by atoms with Gasteiger partial charge in [0.05, 0.1) is 7.11 Å². The topological polar surface area (TPSA) is 88.4 Å². The fraction of sp³-hybridized carbons (Fsp3) is 0.261. The number of carbonyl (C=O) groups is 2. The zero-order valence-corrected chi connectivity index (χ0v) is 16.8. The molecule has 0 spiro atoms. The normalized spacial score (nSPS) is 11.9. The van der Waals surface area contributed by atoms with E-state index in [1.165, 1.54) is 6.08 Å².